The van der Waals surface area contributed by atoms with Crippen LogP contribution in [0.4, 0.5) is 0 Å². The van der Waals surface area contributed by atoms with E-state index >= 15 is 0 Å². The molecule has 1 N–H and O–H groups in total. The van der Waals surface area contributed by atoms with Crippen molar-refractivity contribution in [2.75, 3.05) is 0 Å². The monoisotopic (exact) mass is 354 g/mol. The van der Waals surface area contributed by atoms with Crippen LogP contribution in [0.2, 0.25) is 0 Å². The van der Waals surface area contributed by atoms with Gasteiger partial charge in [0.1, 0.15) is 0 Å². The summed E-state index contributed by atoms with van der Waals surface area (Å²) >= 11 is 5.61. The van der Waals surface area contributed by atoms with Crippen molar-refractivity contribution >= 4 is 44.5 Å². The third kappa shape index (κ3) is 2.67. The molecule has 0 unspecified atom stereocenters. The summed E-state index contributed by atoms with van der Waals surface area (Å²) in [4.78, 5) is 10.5. The smallest absolute Gasteiger partial charge is 0.307 e. The highest BCUT2D eigenvalue weighted by molar-refractivity contribution is 14.1. The molecule has 4 heteroatoms. The van der Waals surface area contributed by atoms with Crippen LogP contribution in [0.1, 0.15) is 11.1 Å². The third-order valence-electron chi connectivity index (χ3n) is 1.74. The first-order chi connectivity index (χ1) is 6.02. The summed E-state index contributed by atoms with van der Waals surface area (Å²) in [5.74, 6) is -0.804. The highest BCUT2D eigenvalue weighted by Gasteiger charge is 2.08. The van der Waals surface area contributed by atoms with Crippen LogP contribution in [-0.4, -0.2) is 11.1 Å². The van der Waals surface area contributed by atoms with Gasteiger partial charge in [-0.15, -0.1) is 0 Å². The Kier molecular flexibility index (Phi) is 3.73. The second kappa shape index (κ2) is 4.41. The fourth-order valence-corrected chi connectivity index (χ4v) is 2.32. The molecular formula is C9H8BrIO2. The maximum absolute atomic E-state index is 10.5. The summed E-state index contributed by atoms with van der Waals surface area (Å²) in [5, 5.41) is 8.63. The fourth-order valence-electron chi connectivity index (χ4n) is 1.02. The predicted octanol–water partition coefficient (Wildman–Crippen LogP) is 2.99. The summed E-state index contributed by atoms with van der Waals surface area (Å²) in [6.45, 7) is 1.97. The quantitative estimate of drug-likeness (QED) is 0.829. The Bertz CT molecular complexity index is 350. The van der Waals surface area contributed by atoms with Gasteiger partial charge < -0.3 is 5.11 Å². The van der Waals surface area contributed by atoms with Gasteiger partial charge >= 0.3 is 5.97 Å². The van der Waals surface area contributed by atoms with E-state index in [1.54, 1.807) is 0 Å². The Labute approximate surface area is 98.6 Å². The zero-order valence-corrected chi connectivity index (χ0v) is 10.7. The van der Waals surface area contributed by atoms with Gasteiger partial charge in [0, 0.05) is 8.04 Å². The Morgan fingerprint density at radius 2 is 2.23 bits per heavy atom. The Morgan fingerprint density at radius 3 is 2.77 bits per heavy atom. The number of carboxylic acid groups (broad SMARTS) is 1. The molecule has 2 nitrogen and oxygen atoms in total. The Morgan fingerprint density at radius 1 is 1.62 bits per heavy atom. The van der Waals surface area contributed by atoms with Crippen LogP contribution in [0, 0.1) is 10.5 Å². The number of carbonyl (C=O) groups is 1. The lowest BCUT2D eigenvalue weighted by atomic mass is 10.1. The van der Waals surface area contributed by atoms with Gasteiger partial charge in [-0.05, 0) is 46.7 Å². The molecular weight excluding hydrogens is 347 g/mol. The average molecular weight is 355 g/mol. The molecule has 1 rings (SSSR count). The van der Waals surface area contributed by atoms with Crippen LogP contribution in [0.5, 0.6) is 0 Å². The number of hydrogen-bond acceptors (Lipinski definition) is 1. The second-order valence-electron chi connectivity index (χ2n) is 2.72. The van der Waals surface area contributed by atoms with E-state index in [1.807, 2.05) is 19.1 Å². The molecule has 1 aromatic carbocycles. The fraction of sp³-hybridized carbons (Fsp3) is 0.222. The number of benzene rings is 1. The first-order valence-electron chi connectivity index (χ1n) is 3.67. The summed E-state index contributed by atoms with van der Waals surface area (Å²) in [5.41, 5.74) is 1.92. The van der Waals surface area contributed by atoms with Gasteiger partial charge in [0.15, 0.2) is 0 Å². The van der Waals surface area contributed by atoms with Gasteiger partial charge in [-0.2, -0.15) is 0 Å². The van der Waals surface area contributed by atoms with E-state index in [0.29, 0.717) is 0 Å². The summed E-state index contributed by atoms with van der Waals surface area (Å²) in [6, 6.07) is 3.77. The lowest BCUT2D eigenvalue weighted by molar-refractivity contribution is -0.136. The molecule has 0 radical (unpaired) electrons. The third-order valence-corrected chi connectivity index (χ3v) is 4.01. The predicted molar refractivity (Wildman–Crippen MR) is 62.9 cm³/mol. The molecule has 0 fully saturated rings. The normalized spacial score (nSPS) is 10.1. The zero-order valence-electron chi connectivity index (χ0n) is 6.97. The highest BCUT2D eigenvalue weighted by Crippen LogP contribution is 2.25. The summed E-state index contributed by atoms with van der Waals surface area (Å²) in [6.07, 6.45) is 0.0678. The molecule has 0 atom stereocenters. The van der Waals surface area contributed by atoms with Crippen LogP contribution in [-0.2, 0) is 11.2 Å². The minimum Gasteiger partial charge on any atom is -0.481 e. The van der Waals surface area contributed by atoms with Crippen molar-refractivity contribution in [3.8, 4) is 0 Å². The molecule has 0 amide bonds. The first-order valence-corrected chi connectivity index (χ1v) is 5.55. The van der Waals surface area contributed by atoms with Crippen LogP contribution >= 0.6 is 38.5 Å². The zero-order chi connectivity index (χ0) is 10.0. The van der Waals surface area contributed by atoms with Crippen LogP contribution < -0.4 is 0 Å². The van der Waals surface area contributed by atoms with E-state index in [1.165, 1.54) is 0 Å². The average Bonchev–Trinajstić information content (AvgIpc) is 2.06. The molecule has 0 heterocycles. The lowest BCUT2D eigenvalue weighted by Crippen LogP contribution is -2.02. The van der Waals surface area contributed by atoms with Crippen molar-refractivity contribution in [1.82, 2.24) is 0 Å². The summed E-state index contributed by atoms with van der Waals surface area (Å²) < 4.78 is 2.04. The molecule has 1 aromatic rings. The number of halogens is 2. The molecule has 0 bridgehead atoms. The molecule has 0 saturated carbocycles. The molecule has 0 saturated heterocycles. The second-order valence-corrected chi connectivity index (χ2v) is 4.67. The number of aliphatic carboxylic acids is 1. The van der Waals surface area contributed by atoms with Crippen LogP contribution in [0.15, 0.2) is 16.6 Å². The highest BCUT2D eigenvalue weighted by atomic mass is 127. The van der Waals surface area contributed by atoms with E-state index < -0.39 is 5.97 Å². The van der Waals surface area contributed by atoms with Crippen molar-refractivity contribution in [2.24, 2.45) is 0 Å². The maximum atomic E-state index is 10.5. The van der Waals surface area contributed by atoms with Gasteiger partial charge in [-0.3, -0.25) is 4.79 Å². The van der Waals surface area contributed by atoms with Crippen molar-refractivity contribution < 1.29 is 9.90 Å². The topological polar surface area (TPSA) is 37.3 Å². The lowest BCUT2D eigenvalue weighted by Gasteiger charge is -2.06. The summed E-state index contributed by atoms with van der Waals surface area (Å²) in [7, 11) is 0. The number of hydrogen-bond donors (Lipinski definition) is 1. The van der Waals surface area contributed by atoms with E-state index in [4.69, 9.17) is 5.11 Å². The van der Waals surface area contributed by atoms with Gasteiger partial charge in [0.2, 0.25) is 0 Å². The minimum atomic E-state index is -0.804. The SMILES string of the molecule is Cc1c(I)ccc(CC(=O)O)c1Br. The van der Waals surface area contributed by atoms with Gasteiger partial charge in [-0.1, -0.05) is 22.0 Å². The molecule has 0 spiro atoms. The van der Waals surface area contributed by atoms with Crippen molar-refractivity contribution in [1.29, 1.82) is 0 Å². The minimum absolute atomic E-state index is 0.0678. The van der Waals surface area contributed by atoms with Crippen molar-refractivity contribution in [2.45, 2.75) is 13.3 Å². The van der Waals surface area contributed by atoms with Gasteiger partial charge in [0.05, 0.1) is 6.42 Å². The first kappa shape index (κ1) is 11.0. The molecule has 0 aromatic heterocycles. The molecule has 0 aliphatic rings. The molecule has 0 aliphatic heterocycles. The number of rotatable bonds is 2. The van der Waals surface area contributed by atoms with Crippen molar-refractivity contribution in [3.63, 3.8) is 0 Å². The van der Waals surface area contributed by atoms with E-state index in [0.717, 1.165) is 19.2 Å². The van der Waals surface area contributed by atoms with Gasteiger partial charge in [0.25, 0.3) is 0 Å². The van der Waals surface area contributed by atoms with Gasteiger partial charge in [-0.25, -0.2) is 0 Å². The standard InChI is InChI=1S/C9H8BrIO2/c1-5-7(11)3-2-6(9(5)10)4-8(12)13/h2-3H,4H2,1H3,(H,12,13). The van der Waals surface area contributed by atoms with E-state index in [2.05, 4.69) is 38.5 Å². The molecule has 0 aliphatic carbocycles. The molecule has 13 heavy (non-hydrogen) atoms. The van der Waals surface area contributed by atoms with E-state index in [-0.39, 0.29) is 6.42 Å². The Balaban J connectivity index is 3.10. The van der Waals surface area contributed by atoms with Crippen molar-refractivity contribution in [3.05, 3.63) is 31.3 Å². The van der Waals surface area contributed by atoms with Crippen LogP contribution in [0.25, 0.3) is 0 Å². The Hall–Kier alpha value is -0.100. The largest absolute Gasteiger partial charge is 0.481 e. The molecule has 70 valence electrons. The number of carboxylic acids is 1. The van der Waals surface area contributed by atoms with E-state index in [9.17, 15) is 4.79 Å². The maximum Gasteiger partial charge on any atom is 0.307 e. The van der Waals surface area contributed by atoms with Crippen LogP contribution in [0.3, 0.4) is 0 Å².